The van der Waals surface area contributed by atoms with Gasteiger partial charge in [-0.15, -0.1) is 0 Å². The average Bonchev–Trinajstić information content (AvgIpc) is 2.51. The molecular weight excluding hydrogens is 366 g/mol. The van der Waals surface area contributed by atoms with Crippen molar-refractivity contribution in [3.8, 4) is 5.75 Å². The van der Waals surface area contributed by atoms with Gasteiger partial charge in [0.1, 0.15) is 5.75 Å². The van der Waals surface area contributed by atoms with Gasteiger partial charge in [-0.1, -0.05) is 53.0 Å². The molecule has 0 atom stereocenters. The summed E-state index contributed by atoms with van der Waals surface area (Å²) in [5, 5.41) is 3.31. The molecule has 0 aliphatic carbocycles. The largest absolute Gasteiger partial charge is 0.493 e. The third-order valence-corrected chi connectivity index (χ3v) is 3.89. The molecule has 0 fully saturated rings. The third kappa shape index (κ3) is 4.49. The molecule has 0 saturated heterocycles. The normalized spacial score (nSPS) is 10.3. The van der Waals surface area contributed by atoms with E-state index in [2.05, 4.69) is 28.2 Å². The van der Waals surface area contributed by atoms with Gasteiger partial charge in [0.2, 0.25) is 0 Å². The van der Waals surface area contributed by atoms with Gasteiger partial charge in [0.05, 0.1) is 22.9 Å². The van der Waals surface area contributed by atoms with Gasteiger partial charge in [-0.25, -0.2) is 0 Å². The number of halogens is 2. The lowest BCUT2D eigenvalue weighted by Gasteiger charge is -2.12. The van der Waals surface area contributed by atoms with Crippen molar-refractivity contribution in [1.82, 2.24) is 0 Å². The lowest BCUT2D eigenvalue weighted by atomic mass is 10.2. The molecule has 2 rings (SSSR count). The number of hydrogen-bond acceptors (Lipinski definition) is 2. The van der Waals surface area contributed by atoms with Crippen molar-refractivity contribution in [1.29, 1.82) is 0 Å². The zero-order valence-electron chi connectivity index (χ0n) is 12.2. The Kier molecular flexibility index (Phi) is 6.28. The van der Waals surface area contributed by atoms with Crippen LogP contribution in [0.1, 0.15) is 30.1 Å². The summed E-state index contributed by atoms with van der Waals surface area (Å²) < 4.78 is 6.53. The van der Waals surface area contributed by atoms with Crippen molar-refractivity contribution in [2.45, 2.75) is 19.8 Å². The maximum atomic E-state index is 12.5. The van der Waals surface area contributed by atoms with Crippen molar-refractivity contribution in [3.05, 3.63) is 57.5 Å². The fourth-order valence-electron chi connectivity index (χ4n) is 1.88. The summed E-state index contributed by atoms with van der Waals surface area (Å²) in [5.41, 5.74) is 1.05. The summed E-state index contributed by atoms with van der Waals surface area (Å²) >= 11 is 9.46. The van der Waals surface area contributed by atoms with E-state index in [-0.39, 0.29) is 5.91 Å². The second kappa shape index (κ2) is 8.20. The van der Waals surface area contributed by atoms with E-state index in [0.29, 0.717) is 28.6 Å². The monoisotopic (exact) mass is 381 g/mol. The summed E-state index contributed by atoms with van der Waals surface area (Å²) in [5.74, 6) is 0.321. The van der Waals surface area contributed by atoms with Crippen molar-refractivity contribution in [2.75, 3.05) is 11.9 Å². The number of anilines is 1. The maximum Gasteiger partial charge on any atom is 0.259 e. The van der Waals surface area contributed by atoms with Gasteiger partial charge in [0.15, 0.2) is 0 Å². The first-order valence-electron chi connectivity index (χ1n) is 7.10. The van der Waals surface area contributed by atoms with Crippen LogP contribution in [0.15, 0.2) is 46.9 Å². The van der Waals surface area contributed by atoms with Gasteiger partial charge in [-0.3, -0.25) is 4.79 Å². The number of carbonyl (C=O) groups excluding carboxylic acids is 1. The molecule has 0 aliphatic heterocycles. The number of rotatable bonds is 6. The minimum Gasteiger partial charge on any atom is -0.493 e. The van der Waals surface area contributed by atoms with Crippen LogP contribution < -0.4 is 10.1 Å². The van der Waals surface area contributed by atoms with E-state index in [1.54, 1.807) is 24.3 Å². The highest BCUT2D eigenvalue weighted by atomic mass is 79.9. The summed E-state index contributed by atoms with van der Waals surface area (Å²) in [6.45, 7) is 2.68. The van der Waals surface area contributed by atoms with E-state index >= 15 is 0 Å². The number of ether oxygens (including phenoxy) is 1. The Morgan fingerprint density at radius 2 is 2.05 bits per heavy atom. The van der Waals surface area contributed by atoms with Crippen molar-refractivity contribution in [3.63, 3.8) is 0 Å². The fourth-order valence-corrected chi connectivity index (χ4v) is 2.43. The number of hydrogen-bond donors (Lipinski definition) is 1. The maximum absolute atomic E-state index is 12.5. The highest BCUT2D eigenvalue weighted by molar-refractivity contribution is 9.10. The van der Waals surface area contributed by atoms with Crippen LogP contribution in [0.25, 0.3) is 0 Å². The number of benzene rings is 2. The van der Waals surface area contributed by atoms with E-state index in [1.807, 2.05) is 18.2 Å². The van der Waals surface area contributed by atoms with Gasteiger partial charge in [0.25, 0.3) is 5.91 Å². The molecule has 2 aromatic rings. The molecule has 3 nitrogen and oxygen atoms in total. The summed E-state index contributed by atoms with van der Waals surface area (Å²) in [6.07, 6.45) is 1.99. The average molecular weight is 383 g/mol. The molecule has 0 aliphatic rings. The second-order valence-electron chi connectivity index (χ2n) is 4.78. The minimum absolute atomic E-state index is 0.249. The molecule has 0 heterocycles. The zero-order chi connectivity index (χ0) is 15.9. The van der Waals surface area contributed by atoms with Crippen molar-refractivity contribution >= 4 is 39.1 Å². The van der Waals surface area contributed by atoms with Gasteiger partial charge in [-0.2, -0.15) is 0 Å². The summed E-state index contributed by atoms with van der Waals surface area (Å²) in [7, 11) is 0. The van der Waals surface area contributed by atoms with E-state index in [4.69, 9.17) is 16.3 Å². The number of unbranched alkanes of at least 4 members (excludes halogenated alkanes) is 1. The zero-order valence-corrected chi connectivity index (χ0v) is 14.6. The SMILES string of the molecule is CCCCOc1ccc(Br)cc1C(=O)Nc1ccccc1Cl. The molecule has 1 amide bonds. The highest BCUT2D eigenvalue weighted by Crippen LogP contribution is 2.26. The fraction of sp³-hybridized carbons (Fsp3) is 0.235. The molecule has 116 valence electrons. The van der Waals surface area contributed by atoms with Crippen molar-refractivity contribution in [2.24, 2.45) is 0 Å². The predicted molar refractivity (Wildman–Crippen MR) is 94.0 cm³/mol. The minimum atomic E-state index is -0.249. The first-order chi connectivity index (χ1) is 10.6. The van der Waals surface area contributed by atoms with Crippen LogP contribution in [0.5, 0.6) is 5.75 Å². The van der Waals surface area contributed by atoms with Gasteiger partial charge >= 0.3 is 0 Å². The first-order valence-corrected chi connectivity index (χ1v) is 8.27. The third-order valence-electron chi connectivity index (χ3n) is 3.06. The Morgan fingerprint density at radius 3 is 2.77 bits per heavy atom. The Balaban J connectivity index is 2.20. The number of amides is 1. The number of nitrogens with one attached hydrogen (secondary N) is 1. The van der Waals surface area contributed by atoms with Crippen LogP contribution in [0.3, 0.4) is 0 Å². The molecule has 2 aromatic carbocycles. The van der Waals surface area contributed by atoms with Crippen LogP contribution >= 0.6 is 27.5 Å². The molecule has 22 heavy (non-hydrogen) atoms. The van der Waals surface area contributed by atoms with Crippen LogP contribution in [-0.4, -0.2) is 12.5 Å². The summed E-state index contributed by atoms with van der Waals surface area (Å²) in [6, 6.07) is 12.5. The first kappa shape index (κ1) is 16.8. The molecule has 0 spiro atoms. The topological polar surface area (TPSA) is 38.3 Å². The standard InChI is InChI=1S/C17H17BrClNO2/c1-2-3-10-22-16-9-8-12(18)11-13(16)17(21)20-15-7-5-4-6-14(15)19/h4-9,11H,2-3,10H2,1H3,(H,20,21). The lowest BCUT2D eigenvalue weighted by Crippen LogP contribution is -2.14. The van der Waals surface area contributed by atoms with E-state index < -0.39 is 0 Å². The molecule has 5 heteroatoms. The highest BCUT2D eigenvalue weighted by Gasteiger charge is 2.14. The molecule has 1 N–H and O–H groups in total. The van der Waals surface area contributed by atoms with Crippen LogP contribution in [-0.2, 0) is 0 Å². The number of carbonyl (C=O) groups is 1. The van der Waals surface area contributed by atoms with Gasteiger partial charge in [0, 0.05) is 4.47 Å². The van der Waals surface area contributed by atoms with Gasteiger partial charge < -0.3 is 10.1 Å². The smallest absolute Gasteiger partial charge is 0.259 e. The Morgan fingerprint density at radius 1 is 1.27 bits per heavy atom. The molecule has 0 radical (unpaired) electrons. The number of para-hydroxylation sites is 1. The second-order valence-corrected chi connectivity index (χ2v) is 6.10. The molecular formula is C17H17BrClNO2. The van der Waals surface area contributed by atoms with E-state index in [1.165, 1.54) is 0 Å². The van der Waals surface area contributed by atoms with Crippen LogP contribution in [0.2, 0.25) is 5.02 Å². The Bertz CT molecular complexity index is 661. The van der Waals surface area contributed by atoms with E-state index in [0.717, 1.165) is 17.3 Å². The Hall–Kier alpha value is -1.52. The summed E-state index contributed by atoms with van der Waals surface area (Å²) in [4.78, 5) is 12.5. The predicted octanol–water partition coefficient (Wildman–Crippen LogP) is 5.53. The molecule has 0 saturated carbocycles. The van der Waals surface area contributed by atoms with Crippen LogP contribution in [0, 0.1) is 0 Å². The molecule has 0 bridgehead atoms. The Labute approximate surface area is 143 Å². The van der Waals surface area contributed by atoms with Gasteiger partial charge in [-0.05, 0) is 36.8 Å². The quantitative estimate of drug-likeness (QED) is 0.667. The van der Waals surface area contributed by atoms with E-state index in [9.17, 15) is 4.79 Å². The van der Waals surface area contributed by atoms with Crippen LogP contribution in [0.4, 0.5) is 5.69 Å². The molecule has 0 unspecified atom stereocenters. The van der Waals surface area contributed by atoms with Crippen molar-refractivity contribution < 1.29 is 9.53 Å². The molecule has 0 aromatic heterocycles. The lowest BCUT2D eigenvalue weighted by molar-refractivity contribution is 0.102.